The molecule has 0 aromatic rings. The van der Waals surface area contributed by atoms with Crippen molar-refractivity contribution in [1.82, 2.24) is 5.32 Å². The van der Waals surface area contributed by atoms with Gasteiger partial charge in [0.05, 0.1) is 11.5 Å². The second-order valence-corrected chi connectivity index (χ2v) is 4.11. The Morgan fingerprint density at radius 3 is 2.40 bits per heavy atom. The Labute approximate surface area is 89.7 Å². The molecule has 0 aliphatic heterocycles. The van der Waals surface area contributed by atoms with E-state index in [-0.39, 0.29) is 17.8 Å². The molecule has 6 N–H and O–H groups in total. The first-order chi connectivity index (χ1) is 6.85. The van der Waals surface area contributed by atoms with Gasteiger partial charge in [-0.05, 0) is 20.3 Å². The highest BCUT2D eigenvalue weighted by molar-refractivity contribution is 5.85. The summed E-state index contributed by atoms with van der Waals surface area (Å²) in [6.45, 7) is 5.76. The topological polar surface area (TPSA) is 114 Å². The number of amides is 1. The van der Waals surface area contributed by atoms with Gasteiger partial charge in [-0.25, -0.2) is 0 Å². The van der Waals surface area contributed by atoms with Crippen molar-refractivity contribution in [2.24, 2.45) is 22.0 Å². The lowest BCUT2D eigenvalue weighted by atomic mass is 9.92. The molecule has 0 rings (SSSR count). The number of nitrogens with zero attached hydrogens (tertiary/aromatic N) is 1. The lowest BCUT2D eigenvalue weighted by Gasteiger charge is -2.24. The van der Waals surface area contributed by atoms with Gasteiger partial charge in [-0.3, -0.25) is 4.79 Å². The molecule has 0 radical (unpaired) electrons. The van der Waals surface area contributed by atoms with E-state index in [2.05, 4.69) is 10.5 Å². The average molecular weight is 216 g/mol. The van der Waals surface area contributed by atoms with E-state index in [1.807, 2.05) is 6.92 Å². The number of rotatable bonds is 6. The summed E-state index contributed by atoms with van der Waals surface area (Å²) in [6.07, 6.45) is 0.671. The average Bonchev–Trinajstić information content (AvgIpc) is 2.17. The van der Waals surface area contributed by atoms with Gasteiger partial charge in [0.15, 0.2) is 5.84 Å². The predicted molar refractivity (Wildman–Crippen MR) is 58.5 cm³/mol. The molecule has 0 saturated heterocycles. The van der Waals surface area contributed by atoms with Gasteiger partial charge in [0, 0.05) is 6.54 Å². The van der Waals surface area contributed by atoms with E-state index in [0.717, 1.165) is 0 Å². The van der Waals surface area contributed by atoms with Crippen LogP contribution in [0.25, 0.3) is 0 Å². The molecule has 0 fully saturated rings. The third-order valence-electron chi connectivity index (χ3n) is 2.34. The standard InChI is InChI=1S/C9H20N4O2/c1-4-6(7(10)13-15)12-5-9(2,3)8(11)14/h6,12,15H,4-5H2,1-3H3,(H2,10,13)(H2,11,14). The van der Waals surface area contributed by atoms with Gasteiger partial charge in [-0.1, -0.05) is 12.1 Å². The van der Waals surface area contributed by atoms with Crippen molar-refractivity contribution >= 4 is 11.7 Å². The summed E-state index contributed by atoms with van der Waals surface area (Å²) in [5, 5.41) is 14.5. The van der Waals surface area contributed by atoms with E-state index < -0.39 is 5.41 Å². The maximum Gasteiger partial charge on any atom is 0.224 e. The first-order valence-corrected chi connectivity index (χ1v) is 4.85. The van der Waals surface area contributed by atoms with Gasteiger partial charge >= 0.3 is 0 Å². The molecule has 6 nitrogen and oxygen atoms in total. The van der Waals surface area contributed by atoms with E-state index in [9.17, 15) is 4.79 Å². The van der Waals surface area contributed by atoms with Crippen LogP contribution in [0.15, 0.2) is 5.16 Å². The van der Waals surface area contributed by atoms with Crippen LogP contribution in [0.1, 0.15) is 27.2 Å². The minimum absolute atomic E-state index is 0.109. The Morgan fingerprint density at radius 2 is 2.07 bits per heavy atom. The van der Waals surface area contributed by atoms with E-state index in [1.54, 1.807) is 13.8 Å². The van der Waals surface area contributed by atoms with Crippen LogP contribution in [-0.2, 0) is 4.79 Å². The second-order valence-electron chi connectivity index (χ2n) is 4.11. The molecule has 0 aliphatic rings. The number of amidine groups is 1. The van der Waals surface area contributed by atoms with Gasteiger partial charge < -0.3 is 22.0 Å². The largest absolute Gasteiger partial charge is 0.409 e. The summed E-state index contributed by atoms with van der Waals surface area (Å²) in [4.78, 5) is 11.0. The van der Waals surface area contributed by atoms with E-state index in [0.29, 0.717) is 13.0 Å². The number of primary amides is 1. The van der Waals surface area contributed by atoms with E-state index >= 15 is 0 Å². The number of nitrogens with two attached hydrogens (primary N) is 2. The second kappa shape index (κ2) is 5.55. The summed E-state index contributed by atoms with van der Waals surface area (Å²) in [7, 11) is 0. The molecule has 1 amide bonds. The van der Waals surface area contributed by atoms with Crippen molar-refractivity contribution in [3.63, 3.8) is 0 Å². The van der Waals surface area contributed by atoms with Gasteiger partial charge in [0.25, 0.3) is 0 Å². The summed E-state index contributed by atoms with van der Waals surface area (Å²) in [6, 6.07) is -0.242. The number of carbonyl (C=O) groups excluding carboxylic acids is 1. The maximum absolute atomic E-state index is 11.0. The van der Waals surface area contributed by atoms with Crippen LogP contribution in [0.2, 0.25) is 0 Å². The van der Waals surface area contributed by atoms with Crippen LogP contribution in [-0.4, -0.2) is 29.5 Å². The normalized spacial score (nSPS) is 15.0. The van der Waals surface area contributed by atoms with Crippen molar-refractivity contribution in [3.05, 3.63) is 0 Å². The zero-order valence-corrected chi connectivity index (χ0v) is 9.45. The van der Waals surface area contributed by atoms with Crippen LogP contribution >= 0.6 is 0 Å². The van der Waals surface area contributed by atoms with Gasteiger partial charge in [0.2, 0.25) is 5.91 Å². The Kier molecular flexibility index (Phi) is 5.07. The Balaban J connectivity index is 4.30. The summed E-state index contributed by atoms with van der Waals surface area (Å²) in [5.41, 5.74) is 10.0. The minimum atomic E-state index is -0.650. The highest BCUT2D eigenvalue weighted by Crippen LogP contribution is 2.12. The molecule has 0 aromatic carbocycles. The first-order valence-electron chi connectivity index (χ1n) is 4.85. The molecule has 0 heterocycles. The van der Waals surface area contributed by atoms with Crippen molar-refractivity contribution in [2.75, 3.05) is 6.54 Å². The quantitative estimate of drug-likeness (QED) is 0.209. The summed E-state index contributed by atoms with van der Waals surface area (Å²) in [5.74, 6) is -0.276. The third-order valence-corrected chi connectivity index (χ3v) is 2.34. The fraction of sp³-hybridized carbons (Fsp3) is 0.778. The fourth-order valence-corrected chi connectivity index (χ4v) is 0.993. The van der Waals surface area contributed by atoms with Crippen molar-refractivity contribution < 1.29 is 10.0 Å². The molecular formula is C9H20N4O2. The third kappa shape index (κ3) is 4.16. The van der Waals surface area contributed by atoms with E-state index in [4.69, 9.17) is 16.7 Å². The van der Waals surface area contributed by atoms with Crippen LogP contribution in [0, 0.1) is 5.41 Å². The predicted octanol–water partition coefficient (Wildman–Crippen LogP) is -0.387. The van der Waals surface area contributed by atoms with Gasteiger partial charge in [-0.2, -0.15) is 0 Å². The first kappa shape index (κ1) is 13.7. The van der Waals surface area contributed by atoms with Gasteiger partial charge in [-0.15, -0.1) is 0 Å². The molecule has 0 aromatic heterocycles. The SMILES string of the molecule is CCC(NCC(C)(C)C(N)=O)C(N)=NO. The highest BCUT2D eigenvalue weighted by Gasteiger charge is 2.26. The van der Waals surface area contributed by atoms with Crippen molar-refractivity contribution in [2.45, 2.75) is 33.2 Å². The molecule has 1 unspecified atom stereocenters. The van der Waals surface area contributed by atoms with E-state index in [1.165, 1.54) is 0 Å². The van der Waals surface area contributed by atoms with Crippen molar-refractivity contribution in [3.8, 4) is 0 Å². The molecule has 0 saturated carbocycles. The van der Waals surface area contributed by atoms with Crippen LogP contribution in [0.4, 0.5) is 0 Å². The lowest BCUT2D eigenvalue weighted by Crippen LogP contribution is -2.48. The molecule has 15 heavy (non-hydrogen) atoms. The minimum Gasteiger partial charge on any atom is -0.409 e. The highest BCUT2D eigenvalue weighted by atomic mass is 16.4. The zero-order chi connectivity index (χ0) is 12.1. The van der Waals surface area contributed by atoms with Crippen LogP contribution < -0.4 is 16.8 Å². The van der Waals surface area contributed by atoms with Crippen LogP contribution in [0.3, 0.4) is 0 Å². The Bertz CT molecular complexity index is 250. The summed E-state index contributed by atoms with van der Waals surface area (Å²) >= 11 is 0. The fourth-order valence-electron chi connectivity index (χ4n) is 0.993. The maximum atomic E-state index is 11.0. The number of oxime groups is 1. The van der Waals surface area contributed by atoms with Crippen LogP contribution in [0.5, 0.6) is 0 Å². The molecule has 1 atom stereocenters. The summed E-state index contributed by atoms with van der Waals surface area (Å²) < 4.78 is 0. The lowest BCUT2D eigenvalue weighted by molar-refractivity contribution is -0.125. The smallest absolute Gasteiger partial charge is 0.224 e. The molecular weight excluding hydrogens is 196 g/mol. The molecule has 0 bridgehead atoms. The van der Waals surface area contributed by atoms with Crippen molar-refractivity contribution in [1.29, 1.82) is 0 Å². The molecule has 0 spiro atoms. The number of nitrogens with one attached hydrogen (secondary N) is 1. The molecule has 88 valence electrons. The Hall–Kier alpha value is -1.30. The van der Waals surface area contributed by atoms with Gasteiger partial charge in [0.1, 0.15) is 0 Å². The number of hydrogen-bond donors (Lipinski definition) is 4. The molecule has 0 aliphatic carbocycles. The molecule has 6 heteroatoms. The zero-order valence-electron chi connectivity index (χ0n) is 9.45. The Morgan fingerprint density at radius 1 is 1.53 bits per heavy atom. The number of hydrogen-bond acceptors (Lipinski definition) is 4. The monoisotopic (exact) mass is 216 g/mol. The number of carbonyl (C=O) groups is 1.